The van der Waals surface area contributed by atoms with Crippen molar-refractivity contribution in [2.24, 2.45) is 0 Å². The fraction of sp³-hybridized carbons (Fsp3) is 0.263. The second-order valence-electron chi connectivity index (χ2n) is 15.6. The van der Waals surface area contributed by atoms with Gasteiger partial charge in [-0.2, -0.15) is 0 Å². The van der Waals surface area contributed by atoms with E-state index in [0.29, 0.717) is 48.5 Å². The summed E-state index contributed by atoms with van der Waals surface area (Å²) in [5, 5.41) is 22.1. The maximum atomic E-state index is 13.1. The van der Waals surface area contributed by atoms with Crippen molar-refractivity contribution in [1.29, 1.82) is 0 Å². The van der Waals surface area contributed by atoms with E-state index in [1.165, 1.54) is 6.08 Å². The van der Waals surface area contributed by atoms with Gasteiger partial charge in [-0.05, 0) is 108 Å². The summed E-state index contributed by atoms with van der Waals surface area (Å²) in [6.07, 6.45) is 29.2. The maximum Gasteiger partial charge on any atom is 0.338 e. The molecule has 0 aliphatic heterocycles. The number of hydrogen-bond donors (Lipinski definition) is 2. The summed E-state index contributed by atoms with van der Waals surface area (Å²) in [7, 11) is 0. The lowest BCUT2D eigenvalue weighted by atomic mass is 9.88. The number of allylic oxidation sites excluding steroid dienone is 10. The van der Waals surface area contributed by atoms with Crippen LogP contribution >= 0.6 is 0 Å². The van der Waals surface area contributed by atoms with Crippen LogP contribution in [0.2, 0.25) is 0 Å². The fourth-order valence-electron chi connectivity index (χ4n) is 7.52. The smallest absolute Gasteiger partial charge is 0.338 e. The Kier molecular flexibility index (Phi) is 19.6. The van der Waals surface area contributed by atoms with Gasteiger partial charge in [0.2, 0.25) is 0 Å². The van der Waals surface area contributed by atoms with Gasteiger partial charge in [-0.3, -0.25) is 0 Å². The van der Waals surface area contributed by atoms with Gasteiger partial charge in [0.25, 0.3) is 0 Å². The normalized spacial score (nSPS) is 15.2. The molecule has 5 rings (SSSR count). The monoisotopic (exact) mass is 902 g/mol. The van der Waals surface area contributed by atoms with Gasteiger partial charge in [0.15, 0.2) is 0 Å². The fourth-order valence-corrected chi connectivity index (χ4v) is 7.52. The van der Waals surface area contributed by atoms with Crippen LogP contribution in [0.4, 0.5) is 0 Å². The van der Waals surface area contributed by atoms with E-state index in [-0.39, 0.29) is 51.8 Å². The van der Waals surface area contributed by atoms with Gasteiger partial charge in [-0.15, -0.1) is 12.8 Å². The molecular weight excluding hydrogens is 845 g/mol. The van der Waals surface area contributed by atoms with Crippen LogP contribution in [0.1, 0.15) is 62.6 Å². The molecule has 2 aliphatic carbocycles. The number of carbonyl (C=O) groups is 2. The van der Waals surface area contributed by atoms with Crippen LogP contribution < -0.4 is 9.47 Å². The Balaban J connectivity index is 1.31. The molecule has 0 saturated carbocycles. The van der Waals surface area contributed by atoms with Crippen LogP contribution in [-0.2, 0) is 49.6 Å². The Morgan fingerprint density at radius 3 is 2.27 bits per heavy atom. The second kappa shape index (κ2) is 26.0. The Morgan fingerprint density at radius 2 is 1.57 bits per heavy atom. The molecule has 0 bridgehead atoms. The molecule has 2 unspecified atom stereocenters. The molecule has 2 N–H and O–H groups in total. The minimum absolute atomic E-state index is 0.123. The van der Waals surface area contributed by atoms with Crippen molar-refractivity contribution in [3.63, 3.8) is 0 Å². The number of fused-ring (bicyclic) bond motifs is 1. The molecule has 346 valence electrons. The lowest BCUT2D eigenvalue weighted by Gasteiger charge is -2.22. The highest BCUT2D eigenvalue weighted by molar-refractivity contribution is 5.96. The molecule has 2 atom stereocenters. The van der Waals surface area contributed by atoms with Gasteiger partial charge < -0.3 is 38.6 Å². The van der Waals surface area contributed by atoms with Gasteiger partial charge in [0.05, 0.1) is 17.7 Å². The first-order chi connectivity index (χ1) is 32.5. The average Bonchev–Trinajstić information content (AvgIpc) is 3.65. The number of aliphatic hydroxyl groups excluding tert-OH is 2. The third-order valence-electron chi connectivity index (χ3n) is 10.9. The number of esters is 2. The van der Waals surface area contributed by atoms with Crippen molar-refractivity contribution in [2.45, 2.75) is 58.3 Å². The predicted octanol–water partition coefficient (Wildman–Crippen LogP) is 9.06. The zero-order valence-electron chi connectivity index (χ0n) is 38.3. The van der Waals surface area contributed by atoms with Crippen LogP contribution in [0.15, 0.2) is 145 Å². The molecule has 67 heavy (non-hydrogen) atoms. The van der Waals surface area contributed by atoms with E-state index in [0.717, 1.165) is 55.7 Å². The van der Waals surface area contributed by atoms with Gasteiger partial charge >= 0.3 is 11.9 Å². The summed E-state index contributed by atoms with van der Waals surface area (Å²) in [4.78, 5) is 26.2. The van der Waals surface area contributed by atoms with Crippen LogP contribution in [0.5, 0.6) is 11.5 Å². The Labute approximate surface area is 394 Å². The summed E-state index contributed by atoms with van der Waals surface area (Å²) >= 11 is 0. The molecule has 0 saturated heterocycles. The summed E-state index contributed by atoms with van der Waals surface area (Å²) < 4.78 is 34.7. The number of aryl methyl sites for hydroxylation is 1. The summed E-state index contributed by atoms with van der Waals surface area (Å²) in [6, 6.07) is 14.3. The molecule has 0 radical (unpaired) electrons. The molecule has 3 aromatic rings. The van der Waals surface area contributed by atoms with Gasteiger partial charge in [0.1, 0.15) is 69.1 Å². The van der Waals surface area contributed by atoms with E-state index in [1.54, 1.807) is 42.5 Å². The number of aliphatic hydroxyl groups is 2. The minimum Gasteiger partial charge on any atom is -0.494 e. The number of rotatable bonds is 24. The minimum atomic E-state index is -1.16. The number of ether oxygens (including phenoxy) is 6. The van der Waals surface area contributed by atoms with E-state index in [4.69, 9.17) is 41.3 Å². The molecular formula is C57H58O10. The van der Waals surface area contributed by atoms with E-state index in [2.05, 4.69) is 43.7 Å². The molecule has 3 aromatic carbocycles. The predicted molar refractivity (Wildman–Crippen MR) is 263 cm³/mol. The zero-order chi connectivity index (χ0) is 48.1. The summed E-state index contributed by atoms with van der Waals surface area (Å²) in [5.74, 6) is 5.39. The first kappa shape index (κ1) is 50.7. The van der Waals surface area contributed by atoms with Crippen LogP contribution in [-0.4, -0.2) is 74.0 Å². The molecule has 0 spiro atoms. The highest BCUT2D eigenvalue weighted by Crippen LogP contribution is 2.40. The largest absolute Gasteiger partial charge is 0.494 e. The Hall–Kier alpha value is -7.34. The third kappa shape index (κ3) is 14.3. The molecule has 0 aromatic heterocycles. The number of carbonyl (C=O) groups excluding carboxylic acids is 2. The van der Waals surface area contributed by atoms with E-state index in [9.17, 15) is 19.8 Å². The van der Waals surface area contributed by atoms with Crippen LogP contribution in [0, 0.1) is 31.6 Å². The Bertz CT molecular complexity index is 2580. The second-order valence-corrected chi connectivity index (χ2v) is 15.6. The van der Waals surface area contributed by atoms with Gasteiger partial charge in [0, 0.05) is 24.0 Å². The Morgan fingerprint density at radius 1 is 0.836 bits per heavy atom. The van der Waals surface area contributed by atoms with Crippen molar-refractivity contribution >= 4 is 24.1 Å². The number of benzene rings is 3. The molecule has 10 heteroatoms. The van der Waals surface area contributed by atoms with Crippen molar-refractivity contribution in [3.05, 3.63) is 189 Å². The zero-order valence-corrected chi connectivity index (χ0v) is 38.3. The van der Waals surface area contributed by atoms with Crippen LogP contribution in [0.25, 0.3) is 12.2 Å². The quantitative estimate of drug-likeness (QED) is 0.0295. The lowest BCUT2D eigenvalue weighted by Crippen LogP contribution is -2.26. The summed E-state index contributed by atoms with van der Waals surface area (Å²) in [6.45, 7) is 15.1. The molecule has 2 aliphatic rings. The number of hydrogen-bond acceptors (Lipinski definition) is 10. The topological polar surface area (TPSA) is 130 Å². The van der Waals surface area contributed by atoms with Gasteiger partial charge in [-0.25, -0.2) is 9.59 Å². The van der Waals surface area contributed by atoms with Gasteiger partial charge in [-0.1, -0.05) is 104 Å². The third-order valence-corrected chi connectivity index (χ3v) is 10.9. The van der Waals surface area contributed by atoms with E-state index in [1.807, 2.05) is 62.4 Å². The van der Waals surface area contributed by atoms with Crippen LogP contribution in [0.3, 0.4) is 0 Å². The molecule has 0 heterocycles. The summed E-state index contributed by atoms with van der Waals surface area (Å²) in [5.41, 5.74) is 9.48. The van der Waals surface area contributed by atoms with Crippen molar-refractivity contribution in [3.8, 4) is 36.2 Å². The lowest BCUT2D eigenvalue weighted by molar-refractivity contribution is -0.142. The molecule has 0 fully saturated rings. The van der Waals surface area contributed by atoms with Crippen molar-refractivity contribution in [2.75, 3.05) is 39.6 Å². The highest BCUT2D eigenvalue weighted by atomic mass is 16.6. The van der Waals surface area contributed by atoms with Crippen molar-refractivity contribution in [1.82, 2.24) is 0 Å². The van der Waals surface area contributed by atoms with E-state index < -0.39 is 24.1 Å². The van der Waals surface area contributed by atoms with Crippen molar-refractivity contribution < 1.29 is 48.2 Å². The molecule has 10 nitrogen and oxygen atoms in total. The molecule has 0 amide bonds. The SMILES string of the molecule is C#CCOCc1cc(C(=O)OCC(O)COC2=C(Cc3c(OCC(O)COC(=O)/C(C=C)=C/c4ccc(OCC#C)cc4C)ccc4c3C/C=C\C=C/C4)C(C=C)=C(/C=C\C)C2)ccc1C=C. The maximum absolute atomic E-state index is 13.1. The standard InChI is InChI=1S/C57H58O10/c1-8-18-44-32-55(65-36-48(59)38-67-57(61)45-22-21-40(11-4)46(31-45)34-62-27-9-2)52(50(44)13-6)33-53-51-20-17-15-14-16-19-42(51)24-26-54(53)64-35-47(58)37-66-56(60)41(12-5)30-43-23-25-49(29-39(43)7)63-28-10-3/h2-3,8,11-18,21-26,29-31,47-48,58-59H,4-6,19-20,27-28,32-38H2,1,7H3/b16-14-,17-15-,18-8-,41-30+. The average molecular weight is 903 g/mol. The van der Waals surface area contributed by atoms with E-state index >= 15 is 0 Å². The number of terminal acetylenes is 2. The first-order valence-electron chi connectivity index (χ1n) is 21.9. The highest BCUT2D eigenvalue weighted by Gasteiger charge is 2.27. The first-order valence-corrected chi connectivity index (χ1v) is 21.9.